The van der Waals surface area contributed by atoms with Gasteiger partial charge in [0, 0.05) is 31.4 Å². The third kappa shape index (κ3) is 4.89. The van der Waals surface area contributed by atoms with Crippen LogP contribution < -0.4 is 10.2 Å². The lowest BCUT2D eigenvalue weighted by atomic mass is 10.1. The minimum absolute atomic E-state index is 0.0528. The van der Waals surface area contributed by atoms with Crippen LogP contribution in [-0.4, -0.2) is 42.0 Å². The number of morpholine rings is 1. The fourth-order valence-corrected chi connectivity index (χ4v) is 3.66. The van der Waals surface area contributed by atoms with Gasteiger partial charge in [0.15, 0.2) is 5.82 Å². The maximum absolute atomic E-state index is 12.5. The summed E-state index contributed by atoms with van der Waals surface area (Å²) in [5.41, 5.74) is 5.65. The molecule has 1 aliphatic rings. The number of benzene rings is 2. The zero-order valence-corrected chi connectivity index (χ0v) is 17.6. The van der Waals surface area contributed by atoms with Crippen molar-refractivity contribution in [2.24, 2.45) is 0 Å². The van der Waals surface area contributed by atoms with Gasteiger partial charge in [-0.05, 0) is 25.0 Å². The summed E-state index contributed by atoms with van der Waals surface area (Å²) in [6.45, 7) is 7.82. The van der Waals surface area contributed by atoms with Crippen LogP contribution in [0.2, 0.25) is 0 Å². The third-order valence-corrected chi connectivity index (χ3v) is 5.29. The summed E-state index contributed by atoms with van der Waals surface area (Å²) in [5.74, 6) is 0.858. The molecule has 0 spiro atoms. The van der Waals surface area contributed by atoms with E-state index in [2.05, 4.69) is 60.5 Å². The fourth-order valence-electron chi connectivity index (χ4n) is 3.66. The van der Waals surface area contributed by atoms with Crippen molar-refractivity contribution in [1.29, 1.82) is 0 Å². The number of anilines is 1. The van der Waals surface area contributed by atoms with Crippen molar-refractivity contribution < 1.29 is 9.53 Å². The van der Waals surface area contributed by atoms with E-state index in [9.17, 15) is 4.79 Å². The number of aromatic nitrogens is 2. The summed E-state index contributed by atoms with van der Waals surface area (Å²) in [4.78, 5) is 14.8. The number of rotatable bonds is 6. The lowest BCUT2D eigenvalue weighted by molar-refractivity contribution is -0.122. The standard InChI is InChI=1S/C24H28N4O2/c1-18-6-8-21(9-7-18)22-16-28(26-24(22)27-10-12-30-13-11-27)17-23(29)25-15-20-5-3-4-19(2)14-20/h3-9,14,16H,10-13,15,17H2,1-2H3,(H,25,29). The molecular weight excluding hydrogens is 376 g/mol. The molecule has 0 radical (unpaired) electrons. The Balaban J connectivity index is 1.51. The second-order valence-corrected chi connectivity index (χ2v) is 7.80. The molecule has 4 rings (SSSR count). The first-order valence-electron chi connectivity index (χ1n) is 10.4. The Bertz CT molecular complexity index is 1000. The van der Waals surface area contributed by atoms with Crippen LogP contribution in [0.5, 0.6) is 0 Å². The predicted octanol–water partition coefficient (Wildman–Crippen LogP) is 3.32. The van der Waals surface area contributed by atoms with Crippen LogP contribution in [0, 0.1) is 13.8 Å². The molecule has 1 fully saturated rings. The third-order valence-electron chi connectivity index (χ3n) is 5.29. The van der Waals surface area contributed by atoms with Crippen molar-refractivity contribution in [3.05, 3.63) is 71.4 Å². The quantitative estimate of drug-likeness (QED) is 0.685. The van der Waals surface area contributed by atoms with Gasteiger partial charge in [-0.1, -0.05) is 59.7 Å². The topological polar surface area (TPSA) is 59.4 Å². The Morgan fingerprint density at radius 1 is 1.07 bits per heavy atom. The first-order valence-corrected chi connectivity index (χ1v) is 10.4. The van der Waals surface area contributed by atoms with E-state index in [1.807, 2.05) is 18.3 Å². The van der Waals surface area contributed by atoms with Crippen LogP contribution in [0.25, 0.3) is 11.1 Å². The van der Waals surface area contributed by atoms with E-state index >= 15 is 0 Å². The average molecular weight is 405 g/mol. The van der Waals surface area contributed by atoms with Crippen LogP contribution in [0.4, 0.5) is 5.82 Å². The summed E-state index contributed by atoms with van der Waals surface area (Å²) in [6, 6.07) is 16.6. The summed E-state index contributed by atoms with van der Waals surface area (Å²) >= 11 is 0. The van der Waals surface area contributed by atoms with E-state index in [0.29, 0.717) is 19.8 Å². The van der Waals surface area contributed by atoms with Crippen molar-refractivity contribution >= 4 is 11.7 Å². The molecule has 0 aliphatic carbocycles. The molecule has 0 saturated carbocycles. The van der Waals surface area contributed by atoms with Gasteiger partial charge in [0.25, 0.3) is 0 Å². The predicted molar refractivity (Wildman–Crippen MR) is 118 cm³/mol. The highest BCUT2D eigenvalue weighted by Crippen LogP contribution is 2.30. The molecule has 0 atom stereocenters. The molecule has 1 N–H and O–H groups in total. The number of ether oxygens (including phenoxy) is 1. The number of nitrogens with zero attached hydrogens (tertiary/aromatic N) is 3. The molecule has 0 unspecified atom stereocenters. The lowest BCUT2D eigenvalue weighted by Gasteiger charge is -2.27. The van der Waals surface area contributed by atoms with Crippen molar-refractivity contribution in [3.8, 4) is 11.1 Å². The minimum Gasteiger partial charge on any atom is -0.378 e. The number of hydrogen-bond donors (Lipinski definition) is 1. The van der Waals surface area contributed by atoms with E-state index < -0.39 is 0 Å². The summed E-state index contributed by atoms with van der Waals surface area (Å²) in [5, 5.41) is 7.76. The van der Waals surface area contributed by atoms with E-state index in [1.54, 1.807) is 4.68 Å². The van der Waals surface area contributed by atoms with E-state index in [0.717, 1.165) is 35.6 Å². The van der Waals surface area contributed by atoms with Gasteiger partial charge in [0.2, 0.25) is 5.91 Å². The zero-order valence-electron chi connectivity index (χ0n) is 17.6. The monoisotopic (exact) mass is 404 g/mol. The first-order chi connectivity index (χ1) is 14.6. The molecule has 6 nitrogen and oxygen atoms in total. The van der Waals surface area contributed by atoms with Gasteiger partial charge in [0.05, 0.1) is 13.2 Å². The summed E-state index contributed by atoms with van der Waals surface area (Å²) in [6.07, 6.45) is 1.97. The maximum Gasteiger partial charge on any atom is 0.241 e. The molecule has 1 amide bonds. The molecule has 2 heterocycles. The number of amides is 1. The highest BCUT2D eigenvalue weighted by Gasteiger charge is 2.20. The van der Waals surface area contributed by atoms with Crippen molar-refractivity contribution in [2.75, 3.05) is 31.2 Å². The van der Waals surface area contributed by atoms with Gasteiger partial charge in [-0.15, -0.1) is 0 Å². The maximum atomic E-state index is 12.5. The van der Waals surface area contributed by atoms with Crippen LogP contribution in [0.3, 0.4) is 0 Å². The van der Waals surface area contributed by atoms with Crippen molar-refractivity contribution in [2.45, 2.75) is 26.9 Å². The van der Waals surface area contributed by atoms with Gasteiger partial charge in [-0.2, -0.15) is 5.10 Å². The number of aryl methyl sites for hydroxylation is 2. The Morgan fingerprint density at radius 3 is 2.57 bits per heavy atom. The van der Waals surface area contributed by atoms with Gasteiger partial charge < -0.3 is 15.0 Å². The molecular formula is C24H28N4O2. The molecule has 1 aliphatic heterocycles. The van der Waals surface area contributed by atoms with Crippen molar-refractivity contribution in [3.63, 3.8) is 0 Å². The van der Waals surface area contributed by atoms with Crippen LogP contribution in [0.1, 0.15) is 16.7 Å². The number of hydrogen-bond acceptors (Lipinski definition) is 4. The van der Waals surface area contributed by atoms with E-state index in [4.69, 9.17) is 9.84 Å². The molecule has 2 aromatic carbocycles. The highest BCUT2D eigenvalue weighted by atomic mass is 16.5. The summed E-state index contributed by atoms with van der Waals surface area (Å²) < 4.78 is 7.24. The second-order valence-electron chi connectivity index (χ2n) is 7.80. The minimum atomic E-state index is -0.0528. The number of carbonyl (C=O) groups excluding carboxylic acids is 1. The van der Waals surface area contributed by atoms with Gasteiger partial charge in [-0.25, -0.2) is 0 Å². The van der Waals surface area contributed by atoms with Gasteiger partial charge >= 0.3 is 0 Å². The first kappa shape index (κ1) is 20.2. The average Bonchev–Trinajstić information content (AvgIpc) is 3.17. The number of nitrogens with one attached hydrogen (secondary N) is 1. The summed E-state index contributed by atoms with van der Waals surface area (Å²) in [7, 11) is 0. The smallest absolute Gasteiger partial charge is 0.241 e. The Hall–Kier alpha value is -3.12. The molecule has 6 heteroatoms. The molecule has 3 aromatic rings. The van der Waals surface area contributed by atoms with E-state index in [-0.39, 0.29) is 12.5 Å². The molecule has 1 aromatic heterocycles. The molecule has 30 heavy (non-hydrogen) atoms. The van der Waals surface area contributed by atoms with Crippen molar-refractivity contribution in [1.82, 2.24) is 15.1 Å². The largest absolute Gasteiger partial charge is 0.378 e. The van der Waals surface area contributed by atoms with E-state index in [1.165, 1.54) is 11.1 Å². The highest BCUT2D eigenvalue weighted by molar-refractivity contribution is 5.78. The SMILES string of the molecule is Cc1ccc(-c2cn(CC(=O)NCc3cccc(C)c3)nc2N2CCOCC2)cc1. The van der Waals surface area contributed by atoms with Crippen LogP contribution in [-0.2, 0) is 22.6 Å². The molecule has 156 valence electrons. The fraction of sp³-hybridized carbons (Fsp3) is 0.333. The zero-order chi connectivity index (χ0) is 20.9. The van der Waals surface area contributed by atoms with Crippen LogP contribution >= 0.6 is 0 Å². The normalized spacial score (nSPS) is 14.0. The number of carbonyl (C=O) groups is 1. The Morgan fingerprint density at radius 2 is 1.83 bits per heavy atom. The van der Waals surface area contributed by atoms with Crippen LogP contribution in [0.15, 0.2) is 54.7 Å². The second kappa shape index (κ2) is 9.13. The van der Waals surface area contributed by atoms with Gasteiger partial charge in [-0.3, -0.25) is 9.48 Å². The van der Waals surface area contributed by atoms with Gasteiger partial charge in [0.1, 0.15) is 6.54 Å². The Kier molecular flexibility index (Phi) is 6.14. The molecule has 0 bridgehead atoms. The molecule has 1 saturated heterocycles. The Labute approximate surface area is 177 Å². The lowest BCUT2D eigenvalue weighted by Crippen LogP contribution is -2.37.